The van der Waals surface area contributed by atoms with Gasteiger partial charge in [-0.1, -0.05) is 30.3 Å². The highest BCUT2D eigenvalue weighted by Gasteiger charge is 2.21. The van der Waals surface area contributed by atoms with Crippen molar-refractivity contribution in [2.24, 2.45) is 0 Å². The lowest BCUT2D eigenvalue weighted by Gasteiger charge is -2.01. The molecule has 3 aromatic rings. The highest BCUT2D eigenvalue weighted by molar-refractivity contribution is 5.95. The van der Waals surface area contributed by atoms with Gasteiger partial charge in [0.2, 0.25) is 0 Å². The molecule has 0 aliphatic rings. The molecule has 0 fully saturated rings. The SMILES string of the molecule is Cc1cc(C)n2nc(N)[n+](CC(=O)c3ccccc3)c2n1.[Br-]. The molecule has 7 heteroatoms. The molecule has 0 unspecified atom stereocenters. The first kappa shape index (κ1) is 16.1. The van der Waals surface area contributed by atoms with Crippen LogP contribution in [0.4, 0.5) is 5.95 Å². The van der Waals surface area contributed by atoms with Gasteiger partial charge in [-0.15, -0.1) is 9.50 Å². The Morgan fingerprint density at radius 1 is 1.27 bits per heavy atom. The third-order valence-electron chi connectivity index (χ3n) is 3.34. The zero-order chi connectivity index (χ0) is 15.0. The number of rotatable bonds is 3. The van der Waals surface area contributed by atoms with Gasteiger partial charge in [-0.2, -0.15) is 0 Å². The monoisotopic (exact) mass is 361 g/mol. The molecule has 2 aromatic heterocycles. The lowest BCUT2D eigenvalue weighted by atomic mass is 10.1. The fourth-order valence-electron chi connectivity index (χ4n) is 2.33. The number of ketones is 1. The van der Waals surface area contributed by atoms with Gasteiger partial charge in [0.05, 0.1) is 11.4 Å². The summed E-state index contributed by atoms with van der Waals surface area (Å²) in [5, 5.41) is 4.24. The molecule has 1 aromatic carbocycles. The van der Waals surface area contributed by atoms with Gasteiger partial charge in [0.1, 0.15) is 6.54 Å². The lowest BCUT2D eigenvalue weighted by molar-refractivity contribution is -0.645. The summed E-state index contributed by atoms with van der Waals surface area (Å²) in [6, 6.07) is 11.0. The zero-order valence-corrected chi connectivity index (χ0v) is 13.9. The van der Waals surface area contributed by atoms with Crippen LogP contribution in [-0.2, 0) is 6.54 Å². The normalized spacial score (nSPS) is 10.5. The van der Waals surface area contributed by atoms with Crippen LogP contribution in [0.5, 0.6) is 0 Å². The van der Waals surface area contributed by atoms with Crippen LogP contribution in [0, 0.1) is 13.8 Å². The highest BCUT2D eigenvalue weighted by atomic mass is 79.9. The van der Waals surface area contributed by atoms with Crippen molar-refractivity contribution < 1.29 is 26.3 Å². The van der Waals surface area contributed by atoms with Crippen molar-refractivity contribution >= 4 is 17.5 Å². The van der Waals surface area contributed by atoms with E-state index in [9.17, 15) is 4.79 Å². The molecule has 2 heterocycles. The molecule has 0 aliphatic carbocycles. The second-order valence-corrected chi connectivity index (χ2v) is 4.98. The van der Waals surface area contributed by atoms with E-state index < -0.39 is 0 Å². The van der Waals surface area contributed by atoms with Crippen molar-refractivity contribution in [1.29, 1.82) is 0 Å². The maximum absolute atomic E-state index is 12.3. The molecule has 6 nitrogen and oxygen atoms in total. The number of halogens is 1. The summed E-state index contributed by atoms with van der Waals surface area (Å²) in [6.45, 7) is 3.95. The molecule has 0 radical (unpaired) electrons. The zero-order valence-electron chi connectivity index (χ0n) is 12.3. The summed E-state index contributed by atoms with van der Waals surface area (Å²) in [5.74, 6) is 0.831. The van der Waals surface area contributed by atoms with Crippen molar-refractivity contribution in [2.75, 3.05) is 5.73 Å². The Balaban J connectivity index is 0.00000176. The van der Waals surface area contributed by atoms with Crippen LogP contribution < -0.4 is 27.3 Å². The van der Waals surface area contributed by atoms with Crippen molar-refractivity contribution in [2.45, 2.75) is 20.4 Å². The Morgan fingerprint density at radius 2 is 1.95 bits per heavy atom. The van der Waals surface area contributed by atoms with Gasteiger partial charge in [-0.25, -0.2) is 4.57 Å². The van der Waals surface area contributed by atoms with E-state index in [1.54, 1.807) is 21.2 Å². The first-order valence-corrected chi connectivity index (χ1v) is 6.67. The first-order valence-electron chi connectivity index (χ1n) is 6.67. The van der Waals surface area contributed by atoms with Crippen LogP contribution in [0.2, 0.25) is 0 Å². The van der Waals surface area contributed by atoms with Crippen LogP contribution in [0.1, 0.15) is 21.7 Å². The van der Waals surface area contributed by atoms with Crippen molar-refractivity contribution in [3.63, 3.8) is 0 Å². The van der Waals surface area contributed by atoms with E-state index in [0.29, 0.717) is 11.3 Å². The minimum absolute atomic E-state index is 0. The van der Waals surface area contributed by atoms with Gasteiger partial charge in [-0.05, 0) is 13.8 Å². The second-order valence-electron chi connectivity index (χ2n) is 4.98. The van der Waals surface area contributed by atoms with Crippen LogP contribution in [-0.4, -0.2) is 20.4 Å². The Hall–Kier alpha value is -2.28. The van der Waals surface area contributed by atoms with Crippen LogP contribution >= 0.6 is 0 Å². The summed E-state index contributed by atoms with van der Waals surface area (Å²) < 4.78 is 3.29. The van der Waals surface area contributed by atoms with Crippen molar-refractivity contribution in [3.05, 3.63) is 53.3 Å². The molecule has 0 saturated heterocycles. The van der Waals surface area contributed by atoms with Gasteiger partial charge in [0.25, 0.3) is 0 Å². The number of fused-ring (bicyclic) bond motifs is 1. The number of nitrogens with two attached hydrogens (primary N) is 1. The third-order valence-corrected chi connectivity index (χ3v) is 3.34. The van der Waals surface area contributed by atoms with E-state index in [4.69, 9.17) is 5.73 Å². The van der Waals surface area contributed by atoms with E-state index >= 15 is 0 Å². The van der Waals surface area contributed by atoms with E-state index in [-0.39, 0.29) is 35.3 Å². The average Bonchev–Trinajstić information content (AvgIpc) is 2.77. The largest absolute Gasteiger partial charge is 1.00 e. The van der Waals surface area contributed by atoms with Gasteiger partial charge in [0.15, 0.2) is 5.78 Å². The standard InChI is InChI=1S/C15H16N5O.BrH/c1-10-8-11(2)20-15(17-10)19(14(16)18-20)9-13(21)12-6-4-3-5-7-12;/h3-8H,9H2,1-2H3,(H2,16,18);1H/q+1;/p-1. The van der Waals surface area contributed by atoms with Crippen molar-refractivity contribution in [3.8, 4) is 0 Å². The molecule has 114 valence electrons. The topological polar surface area (TPSA) is 77.2 Å². The number of benzene rings is 1. The summed E-state index contributed by atoms with van der Waals surface area (Å²) in [6.07, 6.45) is 0. The smallest absolute Gasteiger partial charge is 0.359 e. The van der Waals surface area contributed by atoms with Gasteiger partial charge in [0, 0.05) is 16.7 Å². The molecular formula is C15H16BrN5O. The minimum atomic E-state index is -0.0249. The van der Waals surface area contributed by atoms with Gasteiger partial charge < -0.3 is 22.7 Å². The number of aryl methyl sites for hydroxylation is 2. The maximum atomic E-state index is 12.3. The van der Waals surface area contributed by atoms with Gasteiger partial charge in [-0.3, -0.25) is 4.79 Å². The quantitative estimate of drug-likeness (QED) is 0.436. The minimum Gasteiger partial charge on any atom is -1.00 e. The average molecular weight is 362 g/mol. The number of carbonyl (C=O) groups is 1. The number of Topliss-reactive ketones (excluding diaryl/α,β-unsaturated/α-hetero) is 1. The number of nitrogens with zero attached hydrogens (tertiary/aromatic N) is 4. The molecule has 2 N–H and O–H groups in total. The Morgan fingerprint density at radius 3 is 2.64 bits per heavy atom. The predicted molar refractivity (Wildman–Crippen MR) is 77.8 cm³/mol. The van der Waals surface area contributed by atoms with Crippen molar-refractivity contribution in [1.82, 2.24) is 14.6 Å². The number of hydrogen-bond donors (Lipinski definition) is 1. The van der Waals surface area contributed by atoms with E-state index in [0.717, 1.165) is 11.4 Å². The fraction of sp³-hybridized carbons (Fsp3) is 0.200. The maximum Gasteiger partial charge on any atom is 0.359 e. The second kappa shape index (κ2) is 6.23. The van der Waals surface area contributed by atoms with Gasteiger partial charge >= 0.3 is 11.7 Å². The first-order chi connectivity index (χ1) is 10.1. The Bertz CT molecular complexity index is 829. The van der Waals surface area contributed by atoms with Crippen LogP contribution in [0.25, 0.3) is 5.78 Å². The number of anilines is 1. The summed E-state index contributed by atoms with van der Waals surface area (Å²) in [4.78, 5) is 16.8. The molecule has 0 saturated carbocycles. The summed E-state index contributed by atoms with van der Waals surface area (Å²) in [7, 11) is 0. The molecular weight excluding hydrogens is 346 g/mol. The molecule has 0 spiro atoms. The lowest BCUT2D eigenvalue weighted by Crippen LogP contribution is -3.00. The number of carbonyl (C=O) groups excluding carboxylic acids is 1. The number of aromatic nitrogens is 4. The van der Waals surface area contributed by atoms with Crippen LogP contribution in [0.3, 0.4) is 0 Å². The summed E-state index contributed by atoms with van der Waals surface area (Å²) >= 11 is 0. The molecule has 0 bridgehead atoms. The number of hydrogen-bond acceptors (Lipinski definition) is 4. The van der Waals surface area contributed by atoms with E-state index in [1.165, 1.54) is 0 Å². The fourth-order valence-corrected chi connectivity index (χ4v) is 2.33. The van der Waals surface area contributed by atoms with E-state index in [1.807, 2.05) is 38.1 Å². The summed E-state index contributed by atoms with van der Waals surface area (Å²) in [5.41, 5.74) is 8.37. The Kier molecular flexibility index (Phi) is 4.56. The number of nitrogen functional groups attached to an aromatic ring is 1. The molecule has 3 rings (SSSR count). The van der Waals surface area contributed by atoms with Crippen LogP contribution in [0.15, 0.2) is 36.4 Å². The molecule has 22 heavy (non-hydrogen) atoms. The third kappa shape index (κ3) is 2.85. The highest BCUT2D eigenvalue weighted by Crippen LogP contribution is 2.06. The molecule has 0 atom stereocenters. The molecule has 0 amide bonds. The molecule has 0 aliphatic heterocycles. The predicted octanol–water partition coefficient (Wildman–Crippen LogP) is -1.90. The van der Waals surface area contributed by atoms with E-state index in [2.05, 4.69) is 10.1 Å². The Labute approximate surface area is 138 Å².